The molecule has 0 spiro atoms. The Labute approximate surface area is 136 Å². The lowest BCUT2D eigenvalue weighted by Gasteiger charge is -2.20. The highest BCUT2D eigenvalue weighted by Crippen LogP contribution is 2.28. The molecule has 1 aromatic heterocycles. The van der Waals surface area contributed by atoms with Crippen molar-refractivity contribution in [1.29, 1.82) is 0 Å². The van der Waals surface area contributed by atoms with E-state index in [1.54, 1.807) is 6.20 Å². The fourth-order valence-corrected chi connectivity index (χ4v) is 3.60. The summed E-state index contributed by atoms with van der Waals surface area (Å²) in [5.74, 6) is 0.493. The summed E-state index contributed by atoms with van der Waals surface area (Å²) >= 11 is 3.39. The van der Waals surface area contributed by atoms with E-state index in [9.17, 15) is 4.79 Å². The Bertz CT molecular complexity index is 698. The number of carbonyl (C=O) groups excluding carboxylic acids is 1. The van der Waals surface area contributed by atoms with Crippen molar-refractivity contribution in [2.75, 3.05) is 0 Å². The number of fused-ring (bicyclic) bond motifs is 2. The lowest BCUT2D eigenvalue weighted by Crippen LogP contribution is -2.43. The number of carbonyl (C=O) groups is 1. The SMILES string of the molecule is O=C(N[C@@H]1C[C@H]2CC[C@@H]1N2)c1ncc(-c2ccc(Br)cc2)o1. The van der Waals surface area contributed by atoms with E-state index in [2.05, 4.69) is 31.5 Å². The molecule has 3 heterocycles. The molecule has 22 heavy (non-hydrogen) atoms. The van der Waals surface area contributed by atoms with E-state index >= 15 is 0 Å². The van der Waals surface area contributed by atoms with Gasteiger partial charge in [0, 0.05) is 28.2 Å². The van der Waals surface area contributed by atoms with E-state index < -0.39 is 0 Å². The van der Waals surface area contributed by atoms with Crippen LogP contribution in [0.1, 0.15) is 29.9 Å². The maximum atomic E-state index is 12.3. The third-order valence-electron chi connectivity index (χ3n) is 4.45. The van der Waals surface area contributed by atoms with Crippen LogP contribution in [-0.4, -0.2) is 29.0 Å². The van der Waals surface area contributed by atoms with Crippen LogP contribution in [0.3, 0.4) is 0 Å². The molecule has 4 rings (SSSR count). The molecule has 2 aromatic rings. The van der Waals surface area contributed by atoms with Crippen LogP contribution in [-0.2, 0) is 0 Å². The molecule has 2 fully saturated rings. The quantitative estimate of drug-likeness (QED) is 0.881. The zero-order valence-corrected chi connectivity index (χ0v) is 13.5. The van der Waals surface area contributed by atoms with Gasteiger partial charge in [0.05, 0.1) is 6.20 Å². The summed E-state index contributed by atoms with van der Waals surface area (Å²) in [6, 6.07) is 8.84. The first-order chi connectivity index (χ1) is 10.7. The summed E-state index contributed by atoms with van der Waals surface area (Å²) in [7, 11) is 0. The van der Waals surface area contributed by atoms with Crippen LogP contribution in [0.4, 0.5) is 0 Å². The molecule has 0 radical (unpaired) electrons. The van der Waals surface area contributed by atoms with Gasteiger partial charge in [-0.25, -0.2) is 4.98 Å². The Morgan fingerprint density at radius 1 is 1.32 bits per heavy atom. The number of benzene rings is 1. The minimum Gasteiger partial charge on any atom is -0.432 e. The molecule has 2 bridgehead atoms. The van der Waals surface area contributed by atoms with E-state index in [1.165, 1.54) is 6.42 Å². The van der Waals surface area contributed by atoms with E-state index in [0.29, 0.717) is 17.8 Å². The van der Waals surface area contributed by atoms with E-state index in [0.717, 1.165) is 22.9 Å². The van der Waals surface area contributed by atoms with E-state index in [1.807, 2.05) is 24.3 Å². The first kappa shape index (κ1) is 14.0. The molecule has 5 nitrogen and oxygen atoms in total. The number of hydrogen-bond donors (Lipinski definition) is 2. The van der Waals surface area contributed by atoms with Crippen molar-refractivity contribution in [3.8, 4) is 11.3 Å². The van der Waals surface area contributed by atoms with Gasteiger partial charge in [-0.3, -0.25) is 4.79 Å². The fraction of sp³-hybridized carbons (Fsp3) is 0.375. The summed E-state index contributed by atoms with van der Waals surface area (Å²) in [4.78, 5) is 16.4. The Morgan fingerprint density at radius 2 is 2.14 bits per heavy atom. The highest BCUT2D eigenvalue weighted by atomic mass is 79.9. The van der Waals surface area contributed by atoms with Gasteiger partial charge in [-0.15, -0.1) is 0 Å². The van der Waals surface area contributed by atoms with Crippen molar-refractivity contribution < 1.29 is 9.21 Å². The molecule has 2 saturated heterocycles. The fourth-order valence-electron chi connectivity index (χ4n) is 3.34. The maximum Gasteiger partial charge on any atom is 0.307 e. The molecule has 3 atom stereocenters. The molecule has 1 amide bonds. The molecule has 0 aliphatic carbocycles. The number of amides is 1. The molecule has 2 N–H and O–H groups in total. The predicted molar refractivity (Wildman–Crippen MR) is 85.5 cm³/mol. The number of aromatic nitrogens is 1. The van der Waals surface area contributed by atoms with Crippen molar-refractivity contribution in [3.63, 3.8) is 0 Å². The van der Waals surface area contributed by atoms with Crippen LogP contribution in [0, 0.1) is 0 Å². The number of rotatable bonds is 3. The summed E-state index contributed by atoms with van der Waals surface area (Å²) in [6.45, 7) is 0. The zero-order valence-electron chi connectivity index (χ0n) is 11.9. The first-order valence-electron chi connectivity index (χ1n) is 7.48. The first-order valence-corrected chi connectivity index (χ1v) is 8.27. The molecule has 2 aliphatic heterocycles. The van der Waals surface area contributed by atoms with E-state index in [-0.39, 0.29) is 17.8 Å². The van der Waals surface area contributed by atoms with Crippen LogP contribution >= 0.6 is 15.9 Å². The van der Waals surface area contributed by atoms with Gasteiger partial charge >= 0.3 is 5.91 Å². The van der Waals surface area contributed by atoms with Gasteiger partial charge in [-0.05, 0) is 31.4 Å². The zero-order chi connectivity index (χ0) is 15.1. The van der Waals surface area contributed by atoms with Crippen molar-refractivity contribution in [2.24, 2.45) is 0 Å². The number of oxazole rings is 1. The molecule has 1 aromatic carbocycles. The monoisotopic (exact) mass is 361 g/mol. The second-order valence-electron chi connectivity index (χ2n) is 5.90. The van der Waals surface area contributed by atoms with Crippen molar-refractivity contribution in [2.45, 2.75) is 37.4 Å². The van der Waals surface area contributed by atoms with Gasteiger partial charge in [-0.2, -0.15) is 0 Å². The van der Waals surface area contributed by atoms with Crippen molar-refractivity contribution in [3.05, 3.63) is 40.8 Å². The molecule has 6 heteroatoms. The number of hydrogen-bond acceptors (Lipinski definition) is 4. The minimum atomic E-state index is -0.234. The van der Waals surface area contributed by atoms with Crippen molar-refractivity contribution in [1.82, 2.24) is 15.6 Å². The largest absolute Gasteiger partial charge is 0.432 e. The third-order valence-corrected chi connectivity index (χ3v) is 4.97. The Morgan fingerprint density at radius 3 is 2.82 bits per heavy atom. The average molecular weight is 362 g/mol. The molecular weight excluding hydrogens is 346 g/mol. The van der Waals surface area contributed by atoms with Gasteiger partial charge in [0.15, 0.2) is 5.76 Å². The lowest BCUT2D eigenvalue weighted by molar-refractivity contribution is 0.0896. The predicted octanol–water partition coefficient (Wildman–Crippen LogP) is 2.73. The Kier molecular flexibility index (Phi) is 3.50. The van der Waals surface area contributed by atoms with Gasteiger partial charge in [0.25, 0.3) is 5.89 Å². The highest BCUT2D eigenvalue weighted by Gasteiger charge is 2.40. The average Bonchev–Trinajstić information content (AvgIpc) is 3.24. The van der Waals surface area contributed by atoms with Crippen LogP contribution in [0.5, 0.6) is 0 Å². The summed E-state index contributed by atoms with van der Waals surface area (Å²) in [5.41, 5.74) is 0.899. The molecule has 0 unspecified atom stereocenters. The van der Waals surface area contributed by atoms with E-state index in [4.69, 9.17) is 4.42 Å². The molecule has 2 aliphatic rings. The van der Waals surface area contributed by atoms with Crippen LogP contribution in [0.2, 0.25) is 0 Å². The summed E-state index contributed by atoms with van der Waals surface area (Å²) in [5, 5.41) is 6.54. The molecule has 0 saturated carbocycles. The van der Waals surface area contributed by atoms with Crippen LogP contribution in [0.25, 0.3) is 11.3 Å². The number of nitrogens with zero attached hydrogens (tertiary/aromatic N) is 1. The van der Waals surface area contributed by atoms with Gasteiger partial charge in [0.2, 0.25) is 0 Å². The number of halogens is 1. The summed E-state index contributed by atoms with van der Waals surface area (Å²) in [6.07, 6.45) is 4.93. The van der Waals surface area contributed by atoms with Crippen LogP contribution < -0.4 is 10.6 Å². The number of nitrogens with one attached hydrogen (secondary N) is 2. The second-order valence-corrected chi connectivity index (χ2v) is 6.82. The Hall–Kier alpha value is -1.66. The second kappa shape index (κ2) is 5.52. The van der Waals surface area contributed by atoms with Gasteiger partial charge < -0.3 is 15.1 Å². The lowest BCUT2D eigenvalue weighted by atomic mass is 9.95. The van der Waals surface area contributed by atoms with Crippen LogP contribution in [0.15, 0.2) is 39.4 Å². The van der Waals surface area contributed by atoms with Gasteiger partial charge in [-0.1, -0.05) is 28.1 Å². The highest BCUT2D eigenvalue weighted by molar-refractivity contribution is 9.10. The smallest absolute Gasteiger partial charge is 0.307 e. The van der Waals surface area contributed by atoms with Crippen molar-refractivity contribution >= 4 is 21.8 Å². The standard InChI is InChI=1S/C16H16BrN3O2/c17-10-3-1-9(2-4-10)14-8-18-16(22-14)15(21)20-13-7-11-5-6-12(13)19-11/h1-4,8,11-13,19H,5-7H2,(H,20,21)/t11-,12+,13-/m1/s1. The molecular formula is C16H16BrN3O2. The minimum absolute atomic E-state index is 0.126. The molecule has 114 valence electrons. The summed E-state index contributed by atoms with van der Waals surface area (Å²) < 4.78 is 6.60. The third kappa shape index (κ3) is 2.57. The maximum absolute atomic E-state index is 12.3. The topological polar surface area (TPSA) is 67.2 Å². The van der Waals surface area contributed by atoms with Gasteiger partial charge in [0.1, 0.15) is 0 Å². The Balaban J connectivity index is 1.46. The normalized spacial score (nSPS) is 26.3.